The van der Waals surface area contributed by atoms with E-state index < -0.39 is 0 Å². The second-order valence-electron chi connectivity index (χ2n) is 4.10. The lowest BCUT2D eigenvalue weighted by atomic mass is 10.1. The summed E-state index contributed by atoms with van der Waals surface area (Å²) in [5, 5.41) is 5.38. The molecule has 0 amide bonds. The molecule has 1 aromatic carbocycles. The van der Waals surface area contributed by atoms with Gasteiger partial charge in [0, 0.05) is 22.6 Å². The Balaban J connectivity index is 2.24. The quantitative estimate of drug-likeness (QED) is 0.941. The summed E-state index contributed by atoms with van der Waals surface area (Å²) in [5.74, 6) is 2.39. The minimum absolute atomic E-state index is 0.267. The van der Waals surface area contributed by atoms with E-state index in [1.807, 2.05) is 12.1 Å². The van der Waals surface area contributed by atoms with Crippen LogP contribution in [0.5, 0.6) is 11.5 Å². The van der Waals surface area contributed by atoms with Crippen molar-refractivity contribution < 1.29 is 9.47 Å². The van der Waals surface area contributed by atoms with Gasteiger partial charge >= 0.3 is 0 Å². The van der Waals surface area contributed by atoms with Crippen molar-refractivity contribution in [2.45, 2.75) is 13.3 Å². The molecule has 1 N–H and O–H groups in total. The van der Waals surface area contributed by atoms with Crippen LogP contribution < -0.4 is 14.8 Å². The normalized spacial score (nSPS) is 13.0. The number of fused-ring (bicyclic) bond motifs is 3. The van der Waals surface area contributed by atoms with Crippen LogP contribution in [0.25, 0.3) is 10.8 Å². The molecule has 0 unspecified atom stereocenters. The molecular weight excluding hydrogens is 296 g/mol. The number of hydrogen-bond donors (Lipinski definition) is 1. The molecule has 1 aliphatic rings. The van der Waals surface area contributed by atoms with Crippen molar-refractivity contribution in [3.05, 3.63) is 22.8 Å². The largest absolute Gasteiger partial charge is 0.454 e. The van der Waals surface area contributed by atoms with Gasteiger partial charge < -0.3 is 14.8 Å². The van der Waals surface area contributed by atoms with Gasteiger partial charge in [-0.1, -0.05) is 22.9 Å². The van der Waals surface area contributed by atoms with E-state index in [9.17, 15) is 0 Å². The van der Waals surface area contributed by atoms with Crippen LogP contribution in [-0.4, -0.2) is 18.3 Å². The summed E-state index contributed by atoms with van der Waals surface area (Å²) in [6, 6.07) is 3.91. The average Bonchev–Trinajstić information content (AvgIpc) is 2.84. The van der Waals surface area contributed by atoms with Crippen LogP contribution in [0.4, 0.5) is 5.82 Å². The van der Waals surface area contributed by atoms with Crippen molar-refractivity contribution in [2.24, 2.45) is 0 Å². The first-order chi connectivity index (χ1) is 8.81. The average molecular weight is 309 g/mol. The van der Waals surface area contributed by atoms with E-state index in [1.165, 1.54) is 0 Å². The number of nitrogens with zero attached hydrogens (tertiary/aromatic N) is 1. The third-order valence-corrected chi connectivity index (χ3v) is 3.53. The second-order valence-corrected chi connectivity index (χ2v) is 4.96. The minimum Gasteiger partial charge on any atom is -0.454 e. The maximum absolute atomic E-state index is 5.56. The molecule has 1 aliphatic heterocycles. The number of rotatable bonds is 3. The molecule has 0 radical (unpaired) electrons. The van der Waals surface area contributed by atoms with Gasteiger partial charge in [-0.25, -0.2) is 4.98 Å². The van der Waals surface area contributed by atoms with Crippen LogP contribution in [0.3, 0.4) is 0 Å². The monoisotopic (exact) mass is 308 g/mol. The number of pyridine rings is 1. The van der Waals surface area contributed by atoms with E-state index in [4.69, 9.17) is 9.47 Å². The van der Waals surface area contributed by atoms with Crippen LogP contribution >= 0.6 is 15.9 Å². The van der Waals surface area contributed by atoms with E-state index in [2.05, 4.69) is 33.2 Å². The van der Waals surface area contributed by atoms with E-state index in [0.29, 0.717) is 0 Å². The molecule has 1 aromatic heterocycles. The molecule has 0 saturated heterocycles. The van der Waals surface area contributed by atoms with Gasteiger partial charge in [-0.15, -0.1) is 0 Å². The lowest BCUT2D eigenvalue weighted by molar-refractivity contribution is 0.175. The zero-order chi connectivity index (χ0) is 12.5. The minimum atomic E-state index is 0.267. The molecule has 0 bridgehead atoms. The SMILES string of the molecule is CCCNc1nccc2c(Br)cc3c(c12)OCO3. The fourth-order valence-corrected chi connectivity index (χ4v) is 2.59. The summed E-state index contributed by atoms with van der Waals surface area (Å²) in [6.45, 7) is 3.27. The maximum Gasteiger partial charge on any atom is 0.231 e. The number of benzene rings is 1. The zero-order valence-electron chi connectivity index (χ0n) is 10.00. The van der Waals surface area contributed by atoms with Crippen molar-refractivity contribution >= 4 is 32.5 Å². The molecule has 3 rings (SSSR count). The van der Waals surface area contributed by atoms with Crippen molar-refractivity contribution in [1.82, 2.24) is 4.98 Å². The highest BCUT2D eigenvalue weighted by atomic mass is 79.9. The molecule has 0 atom stereocenters. The number of nitrogens with one attached hydrogen (secondary N) is 1. The Morgan fingerprint density at radius 3 is 3.17 bits per heavy atom. The Morgan fingerprint density at radius 1 is 1.44 bits per heavy atom. The van der Waals surface area contributed by atoms with Crippen molar-refractivity contribution in [1.29, 1.82) is 0 Å². The smallest absolute Gasteiger partial charge is 0.231 e. The standard InChI is InChI=1S/C13H13BrN2O2/c1-2-4-15-13-11-8(3-5-16-13)9(14)6-10-12(11)18-7-17-10/h3,5-6H,2,4,7H2,1H3,(H,15,16). The van der Waals surface area contributed by atoms with Crippen molar-refractivity contribution in [3.63, 3.8) is 0 Å². The lowest BCUT2D eigenvalue weighted by Crippen LogP contribution is -2.02. The summed E-state index contributed by atoms with van der Waals surface area (Å²) in [5.41, 5.74) is 0. The van der Waals surface area contributed by atoms with Crippen LogP contribution in [-0.2, 0) is 0 Å². The summed E-state index contributed by atoms with van der Waals surface area (Å²) < 4.78 is 12.0. The third kappa shape index (κ3) is 1.79. The molecule has 5 heteroatoms. The van der Waals surface area contributed by atoms with Crippen molar-refractivity contribution in [3.8, 4) is 11.5 Å². The summed E-state index contributed by atoms with van der Waals surface area (Å²) >= 11 is 3.56. The molecule has 4 nitrogen and oxygen atoms in total. The highest BCUT2D eigenvalue weighted by Crippen LogP contribution is 2.45. The van der Waals surface area contributed by atoms with E-state index in [1.54, 1.807) is 6.20 Å². The number of aromatic nitrogens is 1. The van der Waals surface area contributed by atoms with Gasteiger partial charge in [0.25, 0.3) is 0 Å². The number of ether oxygens (including phenoxy) is 2. The Morgan fingerprint density at radius 2 is 2.33 bits per heavy atom. The molecule has 0 aliphatic carbocycles. The molecule has 0 fully saturated rings. The molecule has 2 heterocycles. The van der Waals surface area contributed by atoms with Crippen LogP contribution in [0.1, 0.15) is 13.3 Å². The van der Waals surface area contributed by atoms with E-state index in [0.717, 1.165) is 45.5 Å². The lowest BCUT2D eigenvalue weighted by Gasteiger charge is -2.11. The molecule has 0 saturated carbocycles. The first-order valence-corrected chi connectivity index (χ1v) is 6.71. The van der Waals surface area contributed by atoms with Crippen LogP contribution in [0.2, 0.25) is 0 Å². The van der Waals surface area contributed by atoms with Gasteiger partial charge in [0.05, 0.1) is 5.39 Å². The van der Waals surface area contributed by atoms with Gasteiger partial charge in [-0.3, -0.25) is 0 Å². The van der Waals surface area contributed by atoms with Gasteiger partial charge in [0.1, 0.15) is 5.82 Å². The zero-order valence-corrected chi connectivity index (χ0v) is 11.6. The van der Waals surface area contributed by atoms with Gasteiger partial charge in [-0.2, -0.15) is 0 Å². The third-order valence-electron chi connectivity index (χ3n) is 2.88. The van der Waals surface area contributed by atoms with Gasteiger partial charge in [-0.05, 0) is 18.6 Å². The molecule has 2 aromatic rings. The van der Waals surface area contributed by atoms with Crippen molar-refractivity contribution in [2.75, 3.05) is 18.7 Å². The fourth-order valence-electron chi connectivity index (χ4n) is 2.05. The molecule has 18 heavy (non-hydrogen) atoms. The first kappa shape index (κ1) is 11.6. The van der Waals surface area contributed by atoms with Gasteiger partial charge in [0.2, 0.25) is 6.79 Å². The first-order valence-electron chi connectivity index (χ1n) is 5.92. The fraction of sp³-hybridized carbons (Fsp3) is 0.308. The number of anilines is 1. The summed E-state index contributed by atoms with van der Waals surface area (Å²) in [4.78, 5) is 4.40. The Hall–Kier alpha value is -1.49. The topological polar surface area (TPSA) is 43.4 Å². The Labute approximate surface area is 113 Å². The Kier molecular flexibility index (Phi) is 2.99. The predicted octanol–water partition coefficient (Wildman–Crippen LogP) is 3.55. The van der Waals surface area contributed by atoms with Gasteiger partial charge in [0.15, 0.2) is 11.5 Å². The summed E-state index contributed by atoms with van der Waals surface area (Å²) in [6.07, 6.45) is 2.85. The molecular formula is C13H13BrN2O2. The summed E-state index contributed by atoms with van der Waals surface area (Å²) in [7, 11) is 0. The highest BCUT2D eigenvalue weighted by Gasteiger charge is 2.21. The molecule has 94 valence electrons. The number of halogens is 1. The van der Waals surface area contributed by atoms with E-state index in [-0.39, 0.29) is 6.79 Å². The Bertz CT molecular complexity index is 601. The van der Waals surface area contributed by atoms with E-state index >= 15 is 0 Å². The number of hydrogen-bond acceptors (Lipinski definition) is 4. The maximum atomic E-state index is 5.56. The highest BCUT2D eigenvalue weighted by molar-refractivity contribution is 9.10. The second kappa shape index (κ2) is 4.65. The molecule has 0 spiro atoms. The predicted molar refractivity (Wildman–Crippen MR) is 74.3 cm³/mol. The van der Waals surface area contributed by atoms with Crippen LogP contribution in [0.15, 0.2) is 22.8 Å². The van der Waals surface area contributed by atoms with Crippen LogP contribution in [0, 0.1) is 0 Å².